The number of carbonyl (C=O) groups is 1. The molecule has 2 rings (SSSR count). The Hall–Kier alpha value is -1.63. The zero-order valence-corrected chi connectivity index (χ0v) is 13.4. The van der Waals surface area contributed by atoms with E-state index in [1.165, 1.54) is 12.1 Å². The first-order valence-corrected chi connectivity index (χ1v) is 7.13. The van der Waals surface area contributed by atoms with Crippen LogP contribution in [-0.2, 0) is 0 Å². The van der Waals surface area contributed by atoms with Gasteiger partial charge < -0.3 is 5.32 Å². The van der Waals surface area contributed by atoms with Crippen LogP contribution in [0.2, 0.25) is 10.0 Å². The lowest BCUT2D eigenvalue weighted by molar-refractivity contribution is -0.384. The number of benzene rings is 2. The number of halogens is 3. The van der Waals surface area contributed by atoms with Gasteiger partial charge in [-0.3, -0.25) is 14.9 Å². The standard InChI is InChI=1S/C13H7BrCl2N2O3/c14-9-3-2-8(6-11(9)16)17-13(19)7-1-4-10(15)12(5-7)18(20)21/h1-6H,(H,17,19). The molecule has 0 aliphatic rings. The Morgan fingerprint density at radius 1 is 1.14 bits per heavy atom. The topological polar surface area (TPSA) is 72.2 Å². The van der Waals surface area contributed by atoms with Crippen LogP contribution in [0.25, 0.3) is 0 Å². The van der Waals surface area contributed by atoms with Crippen LogP contribution in [0, 0.1) is 10.1 Å². The number of anilines is 1. The number of rotatable bonds is 3. The Kier molecular flexibility index (Phi) is 4.82. The molecule has 0 atom stereocenters. The van der Waals surface area contributed by atoms with Crippen molar-refractivity contribution in [3.05, 3.63) is 66.6 Å². The van der Waals surface area contributed by atoms with E-state index in [1.54, 1.807) is 18.2 Å². The van der Waals surface area contributed by atoms with Gasteiger partial charge in [-0.1, -0.05) is 23.2 Å². The second-order valence-corrected chi connectivity index (χ2v) is 5.68. The number of nitrogens with zero attached hydrogens (tertiary/aromatic N) is 1. The highest BCUT2D eigenvalue weighted by atomic mass is 79.9. The quantitative estimate of drug-likeness (QED) is 0.598. The SMILES string of the molecule is O=C(Nc1ccc(Br)c(Cl)c1)c1ccc(Cl)c([N+](=O)[O-])c1. The van der Waals surface area contributed by atoms with Gasteiger partial charge in [-0.25, -0.2) is 0 Å². The molecule has 5 nitrogen and oxygen atoms in total. The molecule has 1 amide bonds. The van der Waals surface area contributed by atoms with Crippen LogP contribution in [-0.4, -0.2) is 10.8 Å². The van der Waals surface area contributed by atoms with E-state index in [0.29, 0.717) is 15.2 Å². The van der Waals surface area contributed by atoms with Gasteiger partial charge in [-0.2, -0.15) is 0 Å². The molecule has 0 aliphatic heterocycles. The average Bonchev–Trinajstić information content (AvgIpc) is 2.43. The molecule has 0 saturated heterocycles. The monoisotopic (exact) mass is 388 g/mol. The fraction of sp³-hybridized carbons (Fsp3) is 0. The minimum absolute atomic E-state index is 0.0248. The molecule has 21 heavy (non-hydrogen) atoms. The molecule has 0 radical (unpaired) electrons. The number of nitro benzene ring substituents is 1. The van der Waals surface area contributed by atoms with Crippen molar-refractivity contribution in [1.82, 2.24) is 0 Å². The summed E-state index contributed by atoms with van der Waals surface area (Å²) in [6.07, 6.45) is 0. The van der Waals surface area contributed by atoms with Crippen molar-refractivity contribution in [2.75, 3.05) is 5.32 Å². The Bertz CT molecular complexity index is 737. The van der Waals surface area contributed by atoms with Gasteiger partial charge in [0.15, 0.2) is 0 Å². The van der Waals surface area contributed by atoms with Gasteiger partial charge in [0.1, 0.15) is 5.02 Å². The molecule has 8 heteroatoms. The lowest BCUT2D eigenvalue weighted by atomic mass is 10.2. The maximum absolute atomic E-state index is 12.1. The van der Waals surface area contributed by atoms with E-state index in [4.69, 9.17) is 23.2 Å². The molecule has 0 fully saturated rings. The summed E-state index contributed by atoms with van der Waals surface area (Å²) in [6, 6.07) is 8.74. The predicted molar refractivity (Wildman–Crippen MR) is 85.2 cm³/mol. The first kappa shape index (κ1) is 15.8. The van der Waals surface area contributed by atoms with Crippen LogP contribution in [0.5, 0.6) is 0 Å². The van der Waals surface area contributed by atoms with E-state index >= 15 is 0 Å². The number of hydrogen-bond donors (Lipinski definition) is 1. The largest absolute Gasteiger partial charge is 0.322 e. The van der Waals surface area contributed by atoms with Crippen molar-refractivity contribution in [1.29, 1.82) is 0 Å². The lowest BCUT2D eigenvalue weighted by Crippen LogP contribution is -2.12. The van der Waals surface area contributed by atoms with Crippen molar-refractivity contribution >= 4 is 56.4 Å². The second-order valence-electron chi connectivity index (χ2n) is 4.01. The molecule has 108 valence electrons. The zero-order chi connectivity index (χ0) is 15.6. The summed E-state index contributed by atoms with van der Waals surface area (Å²) in [5.41, 5.74) is 0.286. The summed E-state index contributed by atoms with van der Waals surface area (Å²) in [7, 11) is 0. The summed E-state index contributed by atoms with van der Waals surface area (Å²) in [6.45, 7) is 0. The van der Waals surface area contributed by atoms with Crippen LogP contribution in [0.4, 0.5) is 11.4 Å². The van der Waals surface area contributed by atoms with Gasteiger partial charge in [-0.15, -0.1) is 0 Å². The summed E-state index contributed by atoms with van der Waals surface area (Å²) >= 11 is 14.9. The molecule has 2 aromatic rings. The molecular formula is C13H7BrCl2N2O3. The maximum atomic E-state index is 12.1. The number of amides is 1. The Labute approximate surface area is 138 Å². The first-order chi connectivity index (χ1) is 9.88. The summed E-state index contributed by atoms with van der Waals surface area (Å²) in [5, 5.41) is 13.8. The van der Waals surface area contributed by atoms with Crippen LogP contribution < -0.4 is 5.32 Å². The van der Waals surface area contributed by atoms with Crippen molar-refractivity contribution in [3.8, 4) is 0 Å². The van der Waals surface area contributed by atoms with Gasteiger partial charge in [0.05, 0.1) is 9.95 Å². The highest BCUT2D eigenvalue weighted by molar-refractivity contribution is 9.10. The number of nitrogens with one attached hydrogen (secondary N) is 1. The third-order valence-corrected chi connectivity index (χ3v) is 4.13. The van der Waals surface area contributed by atoms with Crippen molar-refractivity contribution in [2.45, 2.75) is 0 Å². The van der Waals surface area contributed by atoms with Crippen molar-refractivity contribution in [2.24, 2.45) is 0 Å². The molecule has 0 heterocycles. The lowest BCUT2D eigenvalue weighted by Gasteiger charge is -2.07. The van der Waals surface area contributed by atoms with E-state index in [0.717, 1.165) is 6.07 Å². The minimum Gasteiger partial charge on any atom is -0.322 e. The van der Waals surface area contributed by atoms with E-state index in [9.17, 15) is 14.9 Å². The average molecular weight is 390 g/mol. The van der Waals surface area contributed by atoms with E-state index in [1.807, 2.05) is 0 Å². The maximum Gasteiger partial charge on any atom is 0.288 e. The molecule has 0 spiro atoms. The van der Waals surface area contributed by atoms with Crippen LogP contribution in [0.3, 0.4) is 0 Å². The Balaban J connectivity index is 2.26. The van der Waals surface area contributed by atoms with Gasteiger partial charge >= 0.3 is 0 Å². The molecular weight excluding hydrogens is 383 g/mol. The smallest absolute Gasteiger partial charge is 0.288 e. The van der Waals surface area contributed by atoms with Crippen LogP contribution in [0.15, 0.2) is 40.9 Å². The Morgan fingerprint density at radius 3 is 2.48 bits per heavy atom. The second kappa shape index (κ2) is 6.43. The molecule has 0 bridgehead atoms. The molecule has 0 saturated carbocycles. The summed E-state index contributed by atoms with van der Waals surface area (Å²) in [4.78, 5) is 22.2. The van der Waals surface area contributed by atoms with Gasteiger partial charge in [-0.05, 0) is 46.3 Å². The van der Waals surface area contributed by atoms with Crippen molar-refractivity contribution < 1.29 is 9.72 Å². The predicted octanol–water partition coefficient (Wildman–Crippen LogP) is 4.92. The first-order valence-electron chi connectivity index (χ1n) is 5.59. The fourth-order valence-electron chi connectivity index (χ4n) is 1.57. The zero-order valence-electron chi connectivity index (χ0n) is 10.3. The van der Waals surface area contributed by atoms with Gasteiger partial charge in [0.25, 0.3) is 11.6 Å². The number of nitro groups is 1. The third-order valence-electron chi connectivity index (χ3n) is 2.58. The van der Waals surface area contributed by atoms with E-state index in [-0.39, 0.29) is 16.3 Å². The summed E-state index contributed by atoms with van der Waals surface area (Å²) < 4.78 is 0.698. The molecule has 0 aliphatic carbocycles. The molecule has 2 aromatic carbocycles. The molecule has 1 N–H and O–H groups in total. The fourth-order valence-corrected chi connectivity index (χ4v) is 2.18. The van der Waals surface area contributed by atoms with E-state index < -0.39 is 10.8 Å². The summed E-state index contributed by atoms with van der Waals surface area (Å²) in [5.74, 6) is -0.492. The van der Waals surface area contributed by atoms with Crippen LogP contribution in [0.1, 0.15) is 10.4 Å². The highest BCUT2D eigenvalue weighted by Gasteiger charge is 2.16. The van der Waals surface area contributed by atoms with Gasteiger partial charge in [0.2, 0.25) is 0 Å². The number of hydrogen-bond acceptors (Lipinski definition) is 3. The Morgan fingerprint density at radius 2 is 1.86 bits per heavy atom. The normalized spacial score (nSPS) is 10.2. The van der Waals surface area contributed by atoms with Crippen molar-refractivity contribution in [3.63, 3.8) is 0 Å². The highest BCUT2D eigenvalue weighted by Crippen LogP contribution is 2.27. The minimum atomic E-state index is -0.643. The van der Waals surface area contributed by atoms with E-state index in [2.05, 4.69) is 21.2 Å². The molecule has 0 aromatic heterocycles. The number of carbonyl (C=O) groups excluding carboxylic acids is 1. The van der Waals surface area contributed by atoms with Crippen LogP contribution >= 0.6 is 39.1 Å². The molecule has 0 unspecified atom stereocenters. The van der Waals surface area contributed by atoms with Gasteiger partial charge in [0, 0.05) is 21.8 Å². The third kappa shape index (κ3) is 3.72.